The molecule has 2 aromatic rings. The zero-order chi connectivity index (χ0) is 12.1. The SMILES string of the molecule is Fc1ccccc1COc1ccncc1CCl. The Bertz CT molecular complexity index is 504. The highest BCUT2D eigenvalue weighted by atomic mass is 35.5. The zero-order valence-electron chi connectivity index (χ0n) is 9.07. The Morgan fingerprint density at radius 2 is 2.00 bits per heavy atom. The second-order valence-corrected chi connectivity index (χ2v) is 3.76. The number of aromatic nitrogens is 1. The van der Waals surface area contributed by atoms with Gasteiger partial charge < -0.3 is 4.74 Å². The number of hydrogen-bond donors (Lipinski definition) is 0. The molecule has 1 aromatic heterocycles. The van der Waals surface area contributed by atoms with Crippen molar-refractivity contribution >= 4 is 11.6 Å². The maximum absolute atomic E-state index is 13.4. The molecule has 88 valence electrons. The van der Waals surface area contributed by atoms with Gasteiger partial charge >= 0.3 is 0 Å². The standard InChI is InChI=1S/C13H11ClFNO/c14-7-11-8-16-6-5-13(11)17-9-10-3-1-2-4-12(10)15/h1-6,8H,7,9H2. The number of rotatable bonds is 4. The number of pyridine rings is 1. The molecule has 0 aliphatic rings. The van der Waals surface area contributed by atoms with Crippen LogP contribution in [0.25, 0.3) is 0 Å². The molecule has 0 amide bonds. The van der Waals surface area contributed by atoms with Gasteiger partial charge in [-0.1, -0.05) is 18.2 Å². The van der Waals surface area contributed by atoms with E-state index < -0.39 is 0 Å². The van der Waals surface area contributed by atoms with Crippen molar-refractivity contribution in [2.24, 2.45) is 0 Å². The predicted octanol–water partition coefficient (Wildman–Crippen LogP) is 3.54. The molecule has 0 spiro atoms. The Balaban J connectivity index is 2.10. The Morgan fingerprint density at radius 3 is 2.76 bits per heavy atom. The van der Waals surface area contributed by atoms with E-state index in [2.05, 4.69) is 4.98 Å². The third kappa shape index (κ3) is 2.94. The monoisotopic (exact) mass is 251 g/mol. The number of benzene rings is 1. The Labute approximate surface area is 104 Å². The van der Waals surface area contributed by atoms with E-state index in [4.69, 9.17) is 16.3 Å². The lowest BCUT2D eigenvalue weighted by Gasteiger charge is -2.09. The van der Waals surface area contributed by atoms with Crippen molar-refractivity contribution in [3.05, 3.63) is 59.7 Å². The number of alkyl halides is 1. The van der Waals surface area contributed by atoms with E-state index in [1.807, 2.05) is 0 Å². The van der Waals surface area contributed by atoms with Crippen LogP contribution in [0.1, 0.15) is 11.1 Å². The van der Waals surface area contributed by atoms with Crippen LogP contribution in [-0.4, -0.2) is 4.98 Å². The van der Waals surface area contributed by atoms with E-state index in [1.165, 1.54) is 6.07 Å². The molecule has 17 heavy (non-hydrogen) atoms. The fourth-order valence-electron chi connectivity index (χ4n) is 1.43. The molecule has 0 bridgehead atoms. The molecule has 0 N–H and O–H groups in total. The van der Waals surface area contributed by atoms with Gasteiger partial charge in [0, 0.05) is 23.5 Å². The smallest absolute Gasteiger partial charge is 0.129 e. The van der Waals surface area contributed by atoms with E-state index in [9.17, 15) is 4.39 Å². The molecule has 4 heteroatoms. The van der Waals surface area contributed by atoms with Gasteiger partial charge in [0.2, 0.25) is 0 Å². The van der Waals surface area contributed by atoms with Crippen LogP contribution >= 0.6 is 11.6 Å². The predicted molar refractivity (Wildman–Crippen MR) is 64.5 cm³/mol. The van der Waals surface area contributed by atoms with E-state index in [-0.39, 0.29) is 12.4 Å². The third-order valence-corrected chi connectivity index (χ3v) is 2.63. The molecule has 1 aromatic carbocycles. The highest BCUT2D eigenvalue weighted by Crippen LogP contribution is 2.20. The second kappa shape index (κ2) is 5.64. The van der Waals surface area contributed by atoms with Gasteiger partial charge in [0.05, 0.1) is 5.88 Å². The molecule has 1 heterocycles. The van der Waals surface area contributed by atoms with Crippen LogP contribution in [0.5, 0.6) is 5.75 Å². The van der Waals surface area contributed by atoms with Gasteiger partial charge in [0.25, 0.3) is 0 Å². The van der Waals surface area contributed by atoms with E-state index in [0.29, 0.717) is 17.2 Å². The van der Waals surface area contributed by atoms with Crippen LogP contribution in [0.3, 0.4) is 0 Å². The second-order valence-electron chi connectivity index (χ2n) is 3.50. The fraction of sp³-hybridized carbons (Fsp3) is 0.154. The first kappa shape index (κ1) is 11.9. The van der Waals surface area contributed by atoms with Crippen LogP contribution in [0.4, 0.5) is 4.39 Å². The summed E-state index contributed by atoms with van der Waals surface area (Å²) in [6, 6.07) is 8.25. The topological polar surface area (TPSA) is 22.1 Å². The normalized spacial score (nSPS) is 10.2. The maximum atomic E-state index is 13.4. The number of nitrogens with zero attached hydrogens (tertiary/aromatic N) is 1. The van der Waals surface area contributed by atoms with Gasteiger partial charge in [-0.3, -0.25) is 4.98 Å². The average Bonchev–Trinajstić information content (AvgIpc) is 2.38. The van der Waals surface area contributed by atoms with Crippen LogP contribution in [0.2, 0.25) is 0 Å². The van der Waals surface area contributed by atoms with Gasteiger partial charge in [-0.25, -0.2) is 4.39 Å². The van der Waals surface area contributed by atoms with Crippen molar-refractivity contribution in [2.45, 2.75) is 12.5 Å². The molecule has 0 radical (unpaired) electrons. The summed E-state index contributed by atoms with van der Waals surface area (Å²) >= 11 is 5.75. The molecular weight excluding hydrogens is 241 g/mol. The first-order valence-corrected chi connectivity index (χ1v) is 5.70. The number of ether oxygens (including phenoxy) is 1. The molecule has 0 unspecified atom stereocenters. The van der Waals surface area contributed by atoms with Gasteiger partial charge in [0.15, 0.2) is 0 Å². The van der Waals surface area contributed by atoms with E-state index in [0.717, 1.165) is 5.56 Å². The van der Waals surface area contributed by atoms with Gasteiger partial charge in [-0.15, -0.1) is 11.6 Å². The summed E-state index contributed by atoms with van der Waals surface area (Å²) in [4.78, 5) is 3.95. The summed E-state index contributed by atoms with van der Waals surface area (Å²) in [6.45, 7) is 0.181. The lowest BCUT2D eigenvalue weighted by molar-refractivity contribution is 0.297. The fourth-order valence-corrected chi connectivity index (χ4v) is 1.63. The summed E-state index contributed by atoms with van der Waals surface area (Å²) in [6.07, 6.45) is 3.26. The Kier molecular flexibility index (Phi) is 3.94. The van der Waals surface area contributed by atoms with Crippen LogP contribution in [-0.2, 0) is 12.5 Å². The summed E-state index contributed by atoms with van der Waals surface area (Å²) in [5.41, 5.74) is 1.32. The van der Waals surface area contributed by atoms with Crippen molar-refractivity contribution in [3.63, 3.8) is 0 Å². The summed E-state index contributed by atoms with van der Waals surface area (Å²) in [5.74, 6) is 0.688. The van der Waals surface area contributed by atoms with Crippen molar-refractivity contribution < 1.29 is 9.13 Å². The first-order chi connectivity index (χ1) is 8.31. The molecule has 0 fully saturated rings. The maximum Gasteiger partial charge on any atom is 0.129 e. The Morgan fingerprint density at radius 1 is 1.18 bits per heavy atom. The molecule has 0 saturated heterocycles. The molecule has 2 nitrogen and oxygen atoms in total. The largest absolute Gasteiger partial charge is 0.488 e. The molecule has 0 aliphatic carbocycles. The minimum absolute atomic E-state index is 0.181. The minimum Gasteiger partial charge on any atom is -0.488 e. The quantitative estimate of drug-likeness (QED) is 0.776. The molecule has 0 saturated carbocycles. The molecule has 0 aliphatic heterocycles. The Hall–Kier alpha value is -1.61. The molecule has 0 atom stereocenters. The van der Waals surface area contributed by atoms with Crippen molar-refractivity contribution in [2.75, 3.05) is 0 Å². The first-order valence-electron chi connectivity index (χ1n) is 5.16. The van der Waals surface area contributed by atoms with E-state index in [1.54, 1.807) is 36.7 Å². The van der Waals surface area contributed by atoms with Gasteiger partial charge in [-0.2, -0.15) is 0 Å². The summed E-state index contributed by atoms with van der Waals surface area (Å²) < 4.78 is 18.9. The average molecular weight is 252 g/mol. The summed E-state index contributed by atoms with van der Waals surface area (Å²) in [7, 11) is 0. The van der Waals surface area contributed by atoms with Crippen LogP contribution in [0, 0.1) is 5.82 Å². The molecule has 2 rings (SSSR count). The lowest BCUT2D eigenvalue weighted by atomic mass is 10.2. The zero-order valence-corrected chi connectivity index (χ0v) is 9.82. The van der Waals surface area contributed by atoms with Crippen molar-refractivity contribution in [1.82, 2.24) is 4.98 Å². The van der Waals surface area contributed by atoms with Gasteiger partial charge in [-0.05, 0) is 12.1 Å². The van der Waals surface area contributed by atoms with E-state index >= 15 is 0 Å². The van der Waals surface area contributed by atoms with Crippen molar-refractivity contribution in [1.29, 1.82) is 0 Å². The van der Waals surface area contributed by atoms with Crippen LogP contribution < -0.4 is 4.74 Å². The number of halogens is 2. The lowest BCUT2D eigenvalue weighted by Crippen LogP contribution is -2.00. The summed E-state index contributed by atoms with van der Waals surface area (Å²) in [5, 5.41) is 0. The minimum atomic E-state index is -0.269. The van der Waals surface area contributed by atoms with Gasteiger partial charge in [0.1, 0.15) is 18.2 Å². The third-order valence-electron chi connectivity index (χ3n) is 2.34. The van der Waals surface area contributed by atoms with Crippen molar-refractivity contribution in [3.8, 4) is 5.75 Å². The molecular formula is C13H11ClFNO. The highest BCUT2D eigenvalue weighted by Gasteiger charge is 2.05. The van der Waals surface area contributed by atoms with Crippen LogP contribution in [0.15, 0.2) is 42.7 Å². The number of hydrogen-bond acceptors (Lipinski definition) is 2. The highest BCUT2D eigenvalue weighted by molar-refractivity contribution is 6.17.